The van der Waals surface area contributed by atoms with Crippen LogP contribution >= 0.6 is 0 Å². The van der Waals surface area contributed by atoms with Crippen molar-refractivity contribution in [3.05, 3.63) is 0 Å². The quantitative estimate of drug-likeness (QED) is 0.631. The van der Waals surface area contributed by atoms with Crippen LogP contribution in [0.2, 0.25) is 0 Å². The van der Waals surface area contributed by atoms with Gasteiger partial charge >= 0.3 is 16.3 Å². The number of carbonyl (C=O) groups excluding carboxylic acids is 1. The fourth-order valence-corrected chi connectivity index (χ4v) is 4.73. The molecule has 4 rings (SSSR count). The summed E-state index contributed by atoms with van der Waals surface area (Å²) in [6.45, 7) is 0. The molecule has 4 aliphatic carbocycles. The van der Waals surface area contributed by atoms with Crippen molar-refractivity contribution in [2.24, 2.45) is 17.8 Å². The van der Waals surface area contributed by atoms with Crippen molar-refractivity contribution < 1.29 is 27.2 Å². The molecule has 4 fully saturated rings. The van der Waals surface area contributed by atoms with Gasteiger partial charge in [-0.1, -0.05) is 0 Å². The summed E-state index contributed by atoms with van der Waals surface area (Å²) in [6.07, 6.45) is 5.27. The molecule has 0 unspecified atom stereocenters. The van der Waals surface area contributed by atoms with E-state index >= 15 is 0 Å². The van der Waals surface area contributed by atoms with E-state index in [0.29, 0.717) is 17.8 Å². The lowest BCUT2D eigenvalue weighted by molar-refractivity contribution is -0.140. The average molecular weight is 290 g/mol. The van der Waals surface area contributed by atoms with Crippen LogP contribution in [-0.2, 0) is 19.6 Å². The van der Waals surface area contributed by atoms with Gasteiger partial charge in [0.2, 0.25) is 5.94 Å². The van der Waals surface area contributed by atoms with Gasteiger partial charge in [0, 0.05) is 0 Å². The third kappa shape index (κ3) is 2.86. The fourth-order valence-electron chi connectivity index (χ4n) is 4.49. The molecule has 0 spiro atoms. The van der Waals surface area contributed by atoms with Gasteiger partial charge in [0.05, 0.1) is 0 Å². The molecule has 0 aromatic heterocycles. The van der Waals surface area contributed by atoms with Gasteiger partial charge in [0.1, 0.15) is 5.60 Å². The third-order valence-corrected chi connectivity index (χ3v) is 5.02. The highest BCUT2D eigenvalue weighted by atomic mass is 32.2. The number of rotatable bonds is 3. The lowest BCUT2D eigenvalue weighted by Crippen LogP contribution is -2.52. The predicted molar refractivity (Wildman–Crippen MR) is 64.9 cm³/mol. The summed E-state index contributed by atoms with van der Waals surface area (Å²) in [5.41, 5.74) is -0.453. The monoisotopic (exact) mass is 290 g/mol. The van der Waals surface area contributed by atoms with Crippen LogP contribution in [0, 0.1) is 17.8 Å². The molecule has 4 saturated carbocycles. The Labute approximate surface area is 112 Å². The minimum absolute atomic E-state index is 0.453. The van der Waals surface area contributed by atoms with Gasteiger partial charge in [0.25, 0.3) is 0 Å². The molecule has 0 heterocycles. The lowest BCUT2D eigenvalue weighted by atomic mass is 9.54. The van der Waals surface area contributed by atoms with Crippen LogP contribution < -0.4 is 0 Å². The Morgan fingerprint density at radius 3 is 2.00 bits per heavy atom. The third-order valence-electron chi connectivity index (χ3n) is 4.61. The molecule has 0 atom stereocenters. The van der Waals surface area contributed by atoms with Crippen molar-refractivity contribution in [3.8, 4) is 0 Å². The molecular weight excluding hydrogens is 272 g/mol. The van der Waals surface area contributed by atoms with Gasteiger partial charge in [-0.2, -0.15) is 8.42 Å². The topological polar surface area (TPSA) is 89.9 Å². The highest BCUT2D eigenvalue weighted by Crippen LogP contribution is 2.57. The summed E-state index contributed by atoms with van der Waals surface area (Å²) in [5.74, 6) is 0.833. The Bertz CT molecular complexity index is 447. The Kier molecular flexibility index (Phi) is 3.01. The summed E-state index contributed by atoms with van der Waals surface area (Å²) in [6, 6.07) is 0. The summed E-state index contributed by atoms with van der Waals surface area (Å²) < 4.78 is 39.4. The molecular formula is C12H18O6S. The van der Waals surface area contributed by atoms with Crippen molar-refractivity contribution in [1.29, 1.82) is 0 Å². The SMILES string of the molecule is O=C(OCS(=O)(=O)O)OC12CC3CC(CC(C3)C1)C2. The lowest BCUT2D eigenvalue weighted by Gasteiger charge is -2.55. The van der Waals surface area contributed by atoms with E-state index in [1.54, 1.807) is 0 Å². The Balaban J connectivity index is 1.61. The zero-order chi connectivity index (χ0) is 13.7. The van der Waals surface area contributed by atoms with Crippen molar-refractivity contribution >= 4 is 16.3 Å². The largest absolute Gasteiger partial charge is 0.509 e. The molecule has 108 valence electrons. The van der Waals surface area contributed by atoms with Crippen LogP contribution in [0.1, 0.15) is 38.5 Å². The molecule has 0 saturated heterocycles. The van der Waals surface area contributed by atoms with E-state index in [1.165, 1.54) is 19.3 Å². The second-order valence-electron chi connectivity index (χ2n) is 6.30. The van der Waals surface area contributed by atoms with Crippen LogP contribution in [0.3, 0.4) is 0 Å². The molecule has 0 aliphatic heterocycles. The van der Waals surface area contributed by atoms with Gasteiger partial charge < -0.3 is 9.47 Å². The maximum absolute atomic E-state index is 11.6. The molecule has 0 amide bonds. The zero-order valence-corrected chi connectivity index (χ0v) is 11.4. The molecule has 7 heteroatoms. The van der Waals surface area contributed by atoms with E-state index in [-0.39, 0.29) is 0 Å². The van der Waals surface area contributed by atoms with Crippen molar-refractivity contribution in [1.82, 2.24) is 0 Å². The van der Waals surface area contributed by atoms with Crippen LogP contribution in [-0.4, -0.2) is 30.7 Å². The van der Waals surface area contributed by atoms with Crippen LogP contribution in [0.15, 0.2) is 0 Å². The number of hydrogen-bond acceptors (Lipinski definition) is 5. The molecule has 4 aliphatic rings. The van der Waals surface area contributed by atoms with Gasteiger partial charge in [-0.15, -0.1) is 0 Å². The van der Waals surface area contributed by atoms with Crippen LogP contribution in [0.25, 0.3) is 0 Å². The Hall–Kier alpha value is -0.820. The maximum Gasteiger partial charge on any atom is 0.509 e. The van der Waals surface area contributed by atoms with Crippen LogP contribution in [0.4, 0.5) is 4.79 Å². The summed E-state index contributed by atoms with van der Waals surface area (Å²) in [7, 11) is -4.31. The van der Waals surface area contributed by atoms with E-state index < -0.39 is 27.8 Å². The first-order chi connectivity index (χ1) is 8.84. The van der Waals surface area contributed by atoms with Gasteiger partial charge in [0.15, 0.2) is 0 Å². The molecule has 4 bridgehead atoms. The Morgan fingerprint density at radius 2 is 1.58 bits per heavy atom. The average Bonchev–Trinajstić information content (AvgIpc) is 2.22. The van der Waals surface area contributed by atoms with E-state index in [0.717, 1.165) is 19.3 Å². The highest BCUT2D eigenvalue weighted by Gasteiger charge is 2.53. The minimum Gasteiger partial charge on any atom is -0.428 e. The molecule has 19 heavy (non-hydrogen) atoms. The van der Waals surface area contributed by atoms with Crippen molar-refractivity contribution in [2.75, 3.05) is 5.94 Å². The smallest absolute Gasteiger partial charge is 0.428 e. The predicted octanol–water partition coefficient (Wildman–Crippen LogP) is 1.95. The number of hydrogen-bond donors (Lipinski definition) is 1. The molecule has 0 aromatic rings. The molecule has 0 aromatic carbocycles. The molecule has 1 N–H and O–H groups in total. The second-order valence-corrected chi connectivity index (χ2v) is 7.70. The summed E-state index contributed by atoms with van der Waals surface area (Å²) in [5, 5.41) is 0. The molecule has 0 radical (unpaired) electrons. The van der Waals surface area contributed by atoms with Gasteiger partial charge in [-0.05, 0) is 56.3 Å². The van der Waals surface area contributed by atoms with E-state index in [9.17, 15) is 13.2 Å². The first-order valence-corrected chi connectivity index (χ1v) is 8.25. The number of ether oxygens (including phenoxy) is 2. The zero-order valence-electron chi connectivity index (χ0n) is 10.6. The number of carbonyl (C=O) groups is 1. The maximum atomic E-state index is 11.6. The van der Waals surface area contributed by atoms with E-state index in [2.05, 4.69) is 4.74 Å². The fraction of sp³-hybridized carbons (Fsp3) is 0.917. The summed E-state index contributed by atoms with van der Waals surface area (Å²) >= 11 is 0. The van der Waals surface area contributed by atoms with E-state index in [1.807, 2.05) is 0 Å². The first kappa shape index (κ1) is 13.2. The van der Waals surface area contributed by atoms with E-state index in [4.69, 9.17) is 9.29 Å². The normalized spacial score (nSPS) is 40.2. The first-order valence-electron chi connectivity index (χ1n) is 6.64. The highest BCUT2D eigenvalue weighted by molar-refractivity contribution is 7.85. The minimum atomic E-state index is -4.31. The standard InChI is InChI=1S/C12H18O6S/c13-11(17-7-19(14,15)16)18-12-4-8-1-9(5-12)3-10(2-8)6-12/h8-10H,1-7H2,(H,14,15,16). The second kappa shape index (κ2) is 4.34. The van der Waals surface area contributed by atoms with Crippen LogP contribution in [0.5, 0.6) is 0 Å². The summed E-state index contributed by atoms with van der Waals surface area (Å²) in [4.78, 5) is 11.6. The molecule has 6 nitrogen and oxygen atoms in total. The Morgan fingerprint density at radius 1 is 1.11 bits per heavy atom. The van der Waals surface area contributed by atoms with Crippen molar-refractivity contribution in [2.45, 2.75) is 44.1 Å². The van der Waals surface area contributed by atoms with Gasteiger partial charge in [-0.3, -0.25) is 4.55 Å². The van der Waals surface area contributed by atoms with Gasteiger partial charge in [-0.25, -0.2) is 4.79 Å². The van der Waals surface area contributed by atoms with Crippen molar-refractivity contribution in [3.63, 3.8) is 0 Å².